The second kappa shape index (κ2) is 9.47. The second-order valence-corrected chi connectivity index (χ2v) is 8.54. The normalized spacial score (nSPS) is 15.2. The summed E-state index contributed by atoms with van der Waals surface area (Å²) in [4.78, 5) is 16.9. The highest BCUT2D eigenvalue weighted by molar-refractivity contribution is 5.87. The Morgan fingerprint density at radius 2 is 2.03 bits per heavy atom. The highest BCUT2D eigenvalue weighted by Gasteiger charge is 2.32. The number of carbonyl (C=O) groups excluding carboxylic acids is 1. The van der Waals surface area contributed by atoms with Crippen LogP contribution in [-0.2, 0) is 22.5 Å². The van der Waals surface area contributed by atoms with E-state index in [9.17, 15) is 4.79 Å². The first kappa shape index (κ1) is 21.3. The molecule has 7 nitrogen and oxygen atoms in total. The molecule has 1 aliphatic heterocycles. The zero-order chi connectivity index (χ0) is 21.7. The standard InChI is InChI=1S/C24H30N4O3/c1-24(2,23(29)26-13-9-18-6-5-12-25-16-18)31-22-20-7-3-4-8-21(20)28(27-22)17-19-10-14-30-15-11-19/h3-8,12,16,19H,9-11,13-15,17H2,1-2H3,(H,26,29). The van der Waals surface area contributed by atoms with Crippen molar-refractivity contribution in [2.75, 3.05) is 19.8 Å². The molecular formula is C24H30N4O3. The molecule has 0 atom stereocenters. The van der Waals surface area contributed by atoms with Crippen LogP contribution in [0.15, 0.2) is 48.8 Å². The summed E-state index contributed by atoms with van der Waals surface area (Å²) >= 11 is 0. The molecule has 0 unspecified atom stereocenters. The van der Waals surface area contributed by atoms with Crippen LogP contribution in [0.3, 0.4) is 0 Å². The van der Waals surface area contributed by atoms with Gasteiger partial charge in [0.05, 0.1) is 10.9 Å². The molecule has 1 N–H and O–H groups in total. The zero-order valence-electron chi connectivity index (χ0n) is 18.2. The fourth-order valence-electron chi connectivity index (χ4n) is 3.85. The van der Waals surface area contributed by atoms with Crippen molar-refractivity contribution in [2.45, 2.75) is 45.3 Å². The molecule has 0 aliphatic carbocycles. The average molecular weight is 423 g/mol. The van der Waals surface area contributed by atoms with Gasteiger partial charge in [-0.2, -0.15) is 0 Å². The molecule has 7 heteroatoms. The van der Waals surface area contributed by atoms with Crippen LogP contribution in [0.5, 0.6) is 5.88 Å². The fraction of sp³-hybridized carbons (Fsp3) is 0.458. The van der Waals surface area contributed by atoms with E-state index in [1.54, 1.807) is 20.0 Å². The van der Waals surface area contributed by atoms with E-state index in [2.05, 4.69) is 16.4 Å². The summed E-state index contributed by atoms with van der Waals surface area (Å²) in [5, 5.41) is 8.64. The molecule has 1 aromatic carbocycles. The van der Waals surface area contributed by atoms with Gasteiger partial charge in [0.1, 0.15) is 0 Å². The van der Waals surface area contributed by atoms with Gasteiger partial charge in [-0.15, -0.1) is 5.10 Å². The lowest BCUT2D eigenvalue weighted by Crippen LogP contribution is -2.47. The molecule has 164 valence electrons. The van der Waals surface area contributed by atoms with Crippen molar-refractivity contribution >= 4 is 16.8 Å². The predicted octanol–water partition coefficient (Wildman–Crippen LogP) is 3.37. The first-order chi connectivity index (χ1) is 15.0. The molecule has 1 saturated heterocycles. The van der Waals surface area contributed by atoms with Crippen LogP contribution in [0.25, 0.3) is 10.9 Å². The van der Waals surface area contributed by atoms with Gasteiger partial charge in [0.2, 0.25) is 5.88 Å². The van der Waals surface area contributed by atoms with Crippen molar-refractivity contribution < 1.29 is 14.3 Å². The maximum absolute atomic E-state index is 12.8. The largest absolute Gasteiger partial charge is 0.460 e. The summed E-state index contributed by atoms with van der Waals surface area (Å²) < 4.78 is 13.7. The van der Waals surface area contributed by atoms with E-state index < -0.39 is 5.60 Å². The van der Waals surface area contributed by atoms with Crippen molar-refractivity contribution in [2.24, 2.45) is 5.92 Å². The quantitative estimate of drug-likeness (QED) is 0.602. The summed E-state index contributed by atoms with van der Waals surface area (Å²) in [7, 11) is 0. The van der Waals surface area contributed by atoms with Crippen LogP contribution < -0.4 is 10.1 Å². The van der Waals surface area contributed by atoms with Gasteiger partial charge < -0.3 is 14.8 Å². The number of aromatic nitrogens is 3. The van der Waals surface area contributed by atoms with E-state index in [1.807, 2.05) is 41.2 Å². The van der Waals surface area contributed by atoms with Crippen LogP contribution in [-0.4, -0.2) is 46.0 Å². The Morgan fingerprint density at radius 1 is 1.23 bits per heavy atom. The molecule has 0 radical (unpaired) electrons. The molecule has 31 heavy (non-hydrogen) atoms. The topological polar surface area (TPSA) is 78.3 Å². The third-order valence-corrected chi connectivity index (χ3v) is 5.72. The molecule has 2 aromatic heterocycles. The number of rotatable bonds is 8. The monoisotopic (exact) mass is 422 g/mol. The molecular weight excluding hydrogens is 392 g/mol. The number of ether oxygens (including phenoxy) is 2. The van der Waals surface area contributed by atoms with E-state index in [0.717, 1.165) is 55.5 Å². The lowest BCUT2D eigenvalue weighted by Gasteiger charge is -2.24. The van der Waals surface area contributed by atoms with Gasteiger partial charge in [0, 0.05) is 38.7 Å². The summed E-state index contributed by atoms with van der Waals surface area (Å²) in [6.07, 6.45) is 6.35. The number of fused-ring (bicyclic) bond motifs is 1. The van der Waals surface area contributed by atoms with Gasteiger partial charge in [0.25, 0.3) is 5.91 Å². The van der Waals surface area contributed by atoms with Crippen LogP contribution >= 0.6 is 0 Å². The minimum absolute atomic E-state index is 0.167. The summed E-state index contributed by atoms with van der Waals surface area (Å²) in [6, 6.07) is 11.9. The molecule has 1 amide bonds. The number of amides is 1. The lowest BCUT2D eigenvalue weighted by molar-refractivity contribution is -0.134. The van der Waals surface area contributed by atoms with E-state index in [1.165, 1.54) is 0 Å². The molecule has 1 aliphatic rings. The van der Waals surface area contributed by atoms with Crippen LogP contribution in [0.1, 0.15) is 32.3 Å². The molecule has 0 bridgehead atoms. The Bertz CT molecular complexity index is 1010. The smallest absolute Gasteiger partial charge is 0.263 e. The van der Waals surface area contributed by atoms with E-state index >= 15 is 0 Å². The molecule has 3 heterocycles. The minimum atomic E-state index is -1.05. The van der Waals surface area contributed by atoms with E-state index in [-0.39, 0.29) is 5.91 Å². The Hall–Kier alpha value is -2.93. The Kier molecular flexibility index (Phi) is 6.51. The number of hydrogen-bond donors (Lipinski definition) is 1. The SMILES string of the molecule is CC(C)(Oc1nn(CC2CCOCC2)c2ccccc12)C(=O)NCCc1cccnc1. The third kappa shape index (κ3) is 5.22. The van der Waals surface area contributed by atoms with Gasteiger partial charge in [-0.25, -0.2) is 0 Å². The first-order valence-electron chi connectivity index (χ1n) is 10.9. The van der Waals surface area contributed by atoms with E-state index in [4.69, 9.17) is 14.6 Å². The summed E-state index contributed by atoms with van der Waals surface area (Å²) in [5.41, 5.74) is 1.06. The maximum atomic E-state index is 12.8. The number of hydrogen-bond acceptors (Lipinski definition) is 5. The van der Waals surface area contributed by atoms with Crippen molar-refractivity contribution in [1.29, 1.82) is 0 Å². The number of nitrogens with one attached hydrogen (secondary N) is 1. The Morgan fingerprint density at radius 3 is 2.81 bits per heavy atom. The number of carbonyl (C=O) groups is 1. The van der Waals surface area contributed by atoms with Crippen molar-refractivity contribution in [3.8, 4) is 5.88 Å². The van der Waals surface area contributed by atoms with Crippen molar-refractivity contribution in [3.63, 3.8) is 0 Å². The Labute approximate surface area is 182 Å². The van der Waals surface area contributed by atoms with Crippen LogP contribution in [0, 0.1) is 5.92 Å². The zero-order valence-corrected chi connectivity index (χ0v) is 18.2. The summed E-state index contributed by atoms with van der Waals surface area (Å²) in [5.74, 6) is 0.864. The third-order valence-electron chi connectivity index (χ3n) is 5.72. The molecule has 0 spiro atoms. The molecule has 3 aromatic rings. The van der Waals surface area contributed by atoms with Gasteiger partial charge in [0.15, 0.2) is 5.60 Å². The van der Waals surface area contributed by atoms with Gasteiger partial charge in [-0.1, -0.05) is 18.2 Å². The molecule has 4 rings (SSSR count). The van der Waals surface area contributed by atoms with Crippen molar-refractivity contribution in [3.05, 3.63) is 54.4 Å². The minimum Gasteiger partial charge on any atom is -0.460 e. The fourth-order valence-corrected chi connectivity index (χ4v) is 3.85. The van der Waals surface area contributed by atoms with E-state index in [0.29, 0.717) is 18.3 Å². The molecule has 1 fully saturated rings. The number of pyridine rings is 1. The maximum Gasteiger partial charge on any atom is 0.263 e. The average Bonchev–Trinajstić information content (AvgIpc) is 3.12. The van der Waals surface area contributed by atoms with Crippen LogP contribution in [0.2, 0.25) is 0 Å². The number of benzene rings is 1. The number of para-hydroxylation sites is 1. The van der Waals surface area contributed by atoms with Crippen molar-refractivity contribution in [1.82, 2.24) is 20.1 Å². The van der Waals surface area contributed by atoms with Gasteiger partial charge in [-0.3, -0.25) is 14.5 Å². The molecule has 0 saturated carbocycles. The lowest BCUT2D eigenvalue weighted by atomic mass is 10.0. The Balaban J connectivity index is 1.44. The van der Waals surface area contributed by atoms with Gasteiger partial charge >= 0.3 is 0 Å². The second-order valence-electron chi connectivity index (χ2n) is 8.54. The predicted molar refractivity (Wildman–Crippen MR) is 119 cm³/mol. The van der Waals surface area contributed by atoms with Crippen LogP contribution in [0.4, 0.5) is 0 Å². The first-order valence-corrected chi connectivity index (χ1v) is 10.9. The highest BCUT2D eigenvalue weighted by Crippen LogP contribution is 2.29. The number of nitrogens with zero attached hydrogens (tertiary/aromatic N) is 3. The summed E-state index contributed by atoms with van der Waals surface area (Å²) in [6.45, 7) is 6.51. The highest BCUT2D eigenvalue weighted by atomic mass is 16.5. The van der Waals surface area contributed by atoms with Gasteiger partial charge in [-0.05, 0) is 62.8 Å².